The van der Waals surface area contributed by atoms with Crippen molar-refractivity contribution >= 4 is 30.7 Å². The molecule has 2 aliphatic rings. The van der Waals surface area contributed by atoms with Crippen molar-refractivity contribution < 1.29 is 9.32 Å². The van der Waals surface area contributed by atoms with Crippen molar-refractivity contribution in [1.29, 1.82) is 0 Å². The molecule has 2 unspecified atom stereocenters. The van der Waals surface area contributed by atoms with Gasteiger partial charge in [0.05, 0.1) is 0 Å². The van der Waals surface area contributed by atoms with Gasteiger partial charge in [0.1, 0.15) is 0 Å². The van der Waals surface area contributed by atoms with Gasteiger partial charge in [0.15, 0.2) is 11.5 Å². The summed E-state index contributed by atoms with van der Waals surface area (Å²) in [5.41, 5.74) is 1.20. The van der Waals surface area contributed by atoms with Crippen LogP contribution < -0.4 is 5.32 Å². The lowest BCUT2D eigenvalue weighted by molar-refractivity contribution is 0.0738. The molecule has 2 atom stereocenters. The molecule has 0 aromatic carbocycles. The fraction of sp³-hybridized carbons (Fsp3) is 0.438. The summed E-state index contributed by atoms with van der Waals surface area (Å²) < 4.78 is 5.30. The molecule has 0 saturated carbocycles. The fourth-order valence-electron chi connectivity index (χ4n) is 3.31. The van der Waals surface area contributed by atoms with Gasteiger partial charge in [-0.1, -0.05) is 5.16 Å². The summed E-state index contributed by atoms with van der Waals surface area (Å²) in [4.78, 5) is 18.6. The molecule has 8 heteroatoms. The summed E-state index contributed by atoms with van der Waals surface area (Å²) in [7, 11) is 0. The average molecular weight is 371 g/mol. The number of halogens is 2. The summed E-state index contributed by atoms with van der Waals surface area (Å²) in [5, 5.41) is 7.52. The van der Waals surface area contributed by atoms with Crippen molar-refractivity contribution in [1.82, 2.24) is 20.4 Å². The first-order valence-electron chi connectivity index (χ1n) is 7.72. The molecule has 4 heterocycles. The van der Waals surface area contributed by atoms with E-state index in [1.54, 1.807) is 18.5 Å². The highest BCUT2D eigenvalue weighted by Crippen LogP contribution is 2.23. The van der Waals surface area contributed by atoms with Crippen LogP contribution in [0.2, 0.25) is 0 Å². The van der Waals surface area contributed by atoms with Crippen LogP contribution >= 0.6 is 24.8 Å². The van der Waals surface area contributed by atoms with Crippen LogP contribution in [-0.2, 0) is 0 Å². The number of amides is 1. The summed E-state index contributed by atoms with van der Waals surface area (Å²) >= 11 is 0. The van der Waals surface area contributed by atoms with Crippen LogP contribution in [0.15, 0.2) is 35.1 Å². The van der Waals surface area contributed by atoms with Crippen molar-refractivity contribution in [2.45, 2.75) is 31.3 Å². The number of hydrogen-bond acceptors (Lipinski definition) is 5. The quantitative estimate of drug-likeness (QED) is 0.879. The molecular formula is C16H20Cl2N4O2. The summed E-state index contributed by atoms with van der Waals surface area (Å²) in [6.07, 6.45) is 6.78. The second kappa shape index (κ2) is 7.96. The molecule has 2 fully saturated rings. The summed E-state index contributed by atoms with van der Waals surface area (Å²) in [6, 6.07) is 6.40. The van der Waals surface area contributed by atoms with Crippen LogP contribution in [0.1, 0.15) is 29.8 Å². The first-order chi connectivity index (χ1) is 10.8. The van der Waals surface area contributed by atoms with E-state index in [1.807, 2.05) is 17.0 Å². The van der Waals surface area contributed by atoms with Gasteiger partial charge in [0.2, 0.25) is 0 Å². The molecule has 0 radical (unpaired) electrons. The molecule has 2 aromatic heterocycles. The number of nitrogens with one attached hydrogen (secondary N) is 1. The third-order valence-electron chi connectivity index (χ3n) is 4.49. The fourth-order valence-corrected chi connectivity index (χ4v) is 3.31. The number of likely N-dealkylation sites (tertiary alicyclic amines) is 1. The number of pyridine rings is 1. The SMILES string of the molecule is Cl.Cl.O=C(c1cc(-c2cccnc2)on1)N1CCC2CCC(C1)N2. The zero-order valence-corrected chi connectivity index (χ0v) is 14.7. The molecule has 4 rings (SSSR count). The third kappa shape index (κ3) is 3.71. The number of aromatic nitrogens is 2. The standard InChI is InChI=1S/C16H18N4O2.2ClH/c21-16(20-7-5-12-3-4-13(10-20)18-12)14-8-15(22-19-14)11-2-1-6-17-9-11;;/h1-2,6,8-9,12-13,18H,3-5,7,10H2;2*1H. The van der Waals surface area contributed by atoms with Gasteiger partial charge in [0, 0.05) is 49.2 Å². The van der Waals surface area contributed by atoms with Gasteiger partial charge in [-0.05, 0) is 31.4 Å². The van der Waals surface area contributed by atoms with Gasteiger partial charge in [-0.25, -0.2) is 0 Å². The van der Waals surface area contributed by atoms with Crippen LogP contribution in [0, 0.1) is 0 Å². The number of fused-ring (bicyclic) bond motifs is 2. The first kappa shape index (κ1) is 18.7. The Morgan fingerprint density at radius 2 is 2.08 bits per heavy atom. The molecule has 1 amide bonds. The molecular weight excluding hydrogens is 351 g/mol. The lowest BCUT2D eigenvalue weighted by Crippen LogP contribution is -2.39. The minimum absolute atomic E-state index is 0. The molecule has 2 aliphatic heterocycles. The maximum absolute atomic E-state index is 12.6. The van der Waals surface area contributed by atoms with Gasteiger partial charge in [0.25, 0.3) is 5.91 Å². The van der Waals surface area contributed by atoms with Crippen molar-refractivity contribution in [3.8, 4) is 11.3 Å². The predicted octanol–water partition coefficient (Wildman–Crippen LogP) is 2.55. The zero-order chi connectivity index (χ0) is 14.9. The van der Waals surface area contributed by atoms with Gasteiger partial charge in [-0.2, -0.15) is 0 Å². The van der Waals surface area contributed by atoms with Crippen LogP contribution in [-0.4, -0.2) is 46.1 Å². The predicted molar refractivity (Wildman–Crippen MR) is 94.7 cm³/mol. The van der Waals surface area contributed by atoms with E-state index >= 15 is 0 Å². The number of carbonyl (C=O) groups excluding carboxylic acids is 1. The van der Waals surface area contributed by atoms with E-state index in [9.17, 15) is 4.79 Å². The van der Waals surface area contributed by atoms with E-state index in [4.69, 9.17) is 4.52 Å². The second-order valence-corrected chi connectivity index (χ2v) is 6.00. The number of rotatable bonds is 2. The molecule has 0 aliphatic carbocycles. The van der Waals surface area contributed by atoms with Gasteiger partial charge in [-0.15, -0.1) is 24.8 Å². The highest BCUT2D eigenvalue weighted by atomic mass is 35.5. The van der Waals surface area contributed by atoms with E-state index in [-0.39, 0.29) is 30.7 Å². The second-order valence-electron chi connectivity index (χ2n) is 6.00. The van der Waals surface area contributed by atoms with Gasteiger partial charge in [-0.3, -0.25) is 9.78 Å². The van der Waals surface area contributed by atoms with E-state index in [2.05, 4.69) is 15.5 Å². The molecule has 6 nitrogen and oxygen atoms in total. The van der Waals surface area contributed by atoms with Crippen molar-refractivity contribution in [3.05, 3.63) is 36.3 Å². The Morgan fingerprint density at radius 3 is 2.88 bits per heavy atom. The van der Waals surface area contributed by atoms with E-state index in [1.165, 1.54) is 6.42 Å². The minimum atomic E-state index is -0.0479. The Morgan fingerprint density at radius 1 is 1.25 bits per heavy atom. The molecule has 2 saturated heterocycles. The zero-order valence-electron chi connectivity index (χ0n) is 13.1. The normalized spacial score (nSPS) is 22.2. The molecule has 1 N–H and O–H groups in total. The van der Waals surface area contributed by atoms with Crippen molar-refractivity contribution in [2.24, 2.45) is 0 Å². The molecule has 130 valence electrons. The highest BCUT2D eigenvalue weighted by molar-refractivity contribution is 5.93. The smallest absolute Gasteiger partial charge is 0.276 e. The Kier molecular flexibility index (Phi) is 6.21. The number of carbonyl (C=O) groups is 1. The van der Waals surface area contributed by atoms with Gasteiger partial charge < -0.3 is 14.7 Å². The van der Waals surface area contributed by atoms with E-state index < -0.39 is 0 Å². The van der Waals surface area contributed by atoms with E-state index in [0.29, 0.717) is 23.5 Å². The highest BCUT2D eigenvalue weighted by Gasteiger charge is 2.32. The van der Waals surface area contributed by atoms with Crippen LogP contribution in [0.3, 0.4) is 0 Å². The third-order valence-corrected chi connectivity index (χ3v) is 4.49. The minimum Gasteiger partial charge on any atom is -0.355 e. The number of hydrogen-bond donors (Lipinski definition) is 1. The number of nitrogens with zero attached hydrogens (tertiary/aromatic N) is 3. The molecule has 24 heavy (non-hydrogen) atoms. The largest absolute Gasteiger partial charge is 0.355 e. The van der Waals surface area contributed by atoms with Crippen LogP contribution in [0.25, 0.3) is 11.3 Å². The average Bonchev–Trinajstić information content (AvgIpc) is 3.14. The van der Waals surface area contributed by atoms with Crippen LogP contribution in [0.5, 0.6) is 0 Å². The Labute approximate surface area is 152 Å². The summed E-state index contributed by atoms with van der Waals surface area (Å²) in [6.45, 7) is 1.53. The Hall–Kier alpha value is -1.63. The molecule has 2 bridgehead atoms. The maximum atomic E-state index is 12.6. The van der Waals surface area contributed by atoms with Crippen LogP contribution in [0.4, 0.5) is 0 Å². The Balaban J connectivity index is 0.00000104. The molecule has 0 spiro atoms. The van der Waals surface area contributed by atoms with Crippen molar-refractivity contribution in [3.63, 3.8) is 0 Å². The van der Waals surface area contributed by atoms with Crippen molar-refractivity contribution in [2.75, 3.05) is 13.1 Å². The van der Waals surface area contributed by atoms with Gasteiger partial charge >= 0.3 is 0 Å². The van der Waals surface area contributed by atoms with E-state index in [0.717, 1.165) is 31.5 Å². The summed E-state index contributed by atoms with van der Waals surface area (Å²) in [5.74, 6) is 0.527. The molecule has 2 aromatic rings. The lowest BCUT2D eigenvalue weighted by atomic mass is 10.1. The monoisotopic (exact) mass is 370 g/mol. The Bertz CT molecular complexity index is 680. The first-order valence-corrected chi connectivity index (χ1v) is 7.72. The topological polar surface area (TPSA) is 71.3 Å². The lowest BCUT2D eigenvalue weighted by Gasteiger charge is -2.23. The maximum Gasteiger partial charge on any atom is 0.276 e.